The van der Waals surface area contributed by atoms with Crippen molar-refractivity contribution in [1.29, 1.82) is 5.26 Å². The van der Waals surface area contributed by atoms with Gasteiger partial charge in [0.2, 0.25) is 10.0 Å². The number of aliphatic hydroxyl groups excluding tert-OH is 1. The molecule has 7 heteroatoms. The summed E-state index contributed by atoms with van der Waals surface area (Å²) in [5.41, 5.74) is -0.0975. The van der Waals surface area contributed by atoms with Gasteiger partial charge in [0.15, 0.2) is 0 Å². The van der Waals surface area contributed by atoms with Gasteiger partial charge >= 0.3 is 0 Å². The Kier molecular flexibility index (Phi) is 5.96. The number of nitriles is 1. The van der Waals surface area contributed by atoms with Crippen molar-refractivity contribution in [1.82, 2.24) is 4.72 Å². The second kappa shape index (κ2) is 7.04. The maximum atomic E-state index is 12.1. The minimum absolute atomic E-state index is 0.0208. The summed E-state index contributed by atoms with van der Waals surface area (Å²) in [4.78, 5) is -0.177. The van der Waals surface area contributed by atoms with Crippen LogP contribution in [-0.4, -0.2) is 26.2 Å². The fraction of sp³-hybridized carbons (Fsp3) is 0.462. The maximum absolute atomic E-state index is 12.1. The summed E-state index contributed by atoms with van der Waals surface area (Å²) in [6.45, 7) is 3.64. The van der Waals surface area contributed by atoms with Crippen LogP contribution in [0.3, 0.4) is 0 Å². The maximum Gasteiger partial charge on any atom is 0.242 e. The largest absolute Gasteiger partial charge is 0.391 e. The molecule has 0 amide bonds. The average Bonchev–Trinajstić information content (AvgIpc) is 2.43. The molecule has 110 valence electrons. The Hall–Kier alpha value is -1.13. The molecule has 0 fully saturated rings. The van der Waals surface area contributed by atoms with Gasteiger partial charge < -0.3 is 5.11 Å². The van der Waals surface area contributed by atoms with E-state index in [0.717, 1.165) is 6.42 Å². The van der Waals surface area contributed by atoms with Crippen LogP contribution in [0.5, 0.6) is 0 Å². The monoisotopic (exact) mass is 316 g/mol. The fourth-order valence-corrected chi connectivity index (χ4v) is 3.08. The fourth-order valence-electron chi connectivity index (χ4n) is 1.58. The summed E-state index contributed by atoms with van der Waals surface area (Å²) < 4.78 is 26.6. The predicted molar refractivity (Wildman–Crippen MR) is 76.8 cm³/mol. The van der Waals surface area contributed by atoms with Crippen molar-refractivity contribution < 1.29 is 13.5 Å². The van der Waals surface area contributed by atoms with E-state index in [4.69, 9.17) is 16.9 Å². The molecule has 0 aliphatic rings. The Bertz CT molecular complexity index is 611. The summed E-state index contributed by atoms with van der Waals surface area (Å²) in [6, 6.07) is 6.00. The molecule has 1 aromatic rings. The Morgan fingerprint density at radius 1 is 1.50 bits per heavy atom. The third kappa shape index (κ3) is 3.93. The Balaban J connectivity index is 2.96. The first-order valence-electron chi connectivity index (χ1n) is 6.19. The molecule has 2 unspecified atom stereocenters. The van der Waals surface area contributed by atoms with Crippen molar-refractivity contribution in [2.45, 2.75) is 31.3 Å². The Morgan fingerprint density at radius 3 is 2.70 bits per heavy atom. The first-order chi connectivity index (χ1) is 9.33. The molecule has 0 bridgehead atoms. The number of nitrogens with zero attached hydrogens (tertiary/aromatic N) is 1. The van der Waals surface area contributed by atoms with E-state index in [1.54, 1.807) is 6.07 Å². The van der Waals surface area contributed by atoms with Crippen LogP contribution in [0.2, 0.25) is 5.02 Å². The van der Waals surface area contributed by atoms with Crippen molar-refractivity contribution in [2.75, 3.05) is 6.54 Å². The topological polar surface area (TPSA) is 90.2 Å². The molecule has 0 saturated heterocycles. The predicted octanol–water partition coefficient (Wildman–Crippen LogP) is 1.90. The number of nitrogens with one attached hydrogen (secondary N) is 1. The number of benzene rings is 1. The first kappa shape index (κ1) is 16.9. The lowest BCUT2D eigenvalue weighted by molar-refractivity contribution is 0.118. The van der Waals surface area contributed by atoms with E-state index >= 15 is 0 Å². The van der Waals surface area contributed by atoms with Crippen LogP contribution >= 0.6 is 11.6 Å². The van der Waals surface area contributed by atoms with Crippen molar-refractivity contribution in [3.05, 3.63) is 28.8 Å². The highest BCUT2D eigenvalue weighted by atomic mass is 35.5. The normalized spacial score (nSPS) is 14.6. The third-order valence-electron chi connectivity index (χ3n) is 3.16. The molecule has 0 aliphatic heterocycles. The molecular weight excluding hydrogens is 300 g/mol. The Morgan fingerprint density at radius 2 is 2.15 bits per heavy atom. The van der Waals surface area contributed by atoms with Gasteiger partial charge in [-0.2, -0.15) is 5.26 Å². The van der Waals surface area contributed by atoms with Crippen LogP contribution < -0.4 is 4.72 Å². The van der Waals surface area contributed by atoms with E-state index in [-0.39, 0.29) is 27.9 Å². The molecular formula is C13H17ClN2O3S. The van der Waals surface area contributed by atoms with Crippen LogP contribution in [0.1, 0.15) is 25.8 Å². The van der Waals surface area contributed by atoms with Crippen molar-refractivity contribution in [2.24, 2.45) is 5.92 Å². The highest BCUT2D eigenvalue weighted by Gasteiger charge is 2.22. The van der Waals surface area contributed by atoms with Crippen LogP contribution in [0.15, 0.2) is 23.1 Å². The van der Waals surface area contributed by atoms with Crippen molar-refractivity contribution in [3.63, 3.8) is 0 Å². The smallest absolute Gasteiger partial charge is 0.242 e. The minimum Gasteiger partial charge on any atom is -0.391 e. The lowest BCUT2D eigenvalue weighted by Gasteiger charge is -2.18. The quantitative estimate of drug-likeness (QED) is 0.838. The van der Waals surface area contributed by atoms with Gasteiger partial charge in [0.25, 0.3) is 0 Å². The second-order valence-corrected chi connectivity index (χ2v) is 6.67. The van der Waals surface area contributed by atoms with Crippen molar-refractivity contribution in [3.8, 4) is 6.07 Å². The number of halogens is 1. The standard InChI is InChI=1S/C13H17ClN2O3S/c1-3-9(2)12(17)8-16-20(18,19)13-6-4-5-11(14)10(13)7-15/h4-6,9,12,16-17H,3,8H2,1-2H3. The Labute approximate surface area is 124 Å². The molecule has 0 saturated carbocycles. The minimum atomic E-state index is -3.88. The second-order valence-electron chi connectivity index (χ2n) is 4.53. The highest BCUT2D eigenvalue weighted by Crippen LogP contribution is 2.22. The number of sulfonamides is 1. The van der Waals surface area contributed by atoms with Gasteiger partial charge in [-0.15, -0.1) is 0 Å². The van der Waals surface area contributed by atoms with E-state index in [9.17, 15) is 13.5 Å². The van der Waals surface area contributed by atoms with Gasteiger partial charge in [-0.1, -0.05) is 37.9 Å². The molecule has 1 aromatic carbocycles. The number of hydrogen-bond acceptors (Lipinski definition) is 4. The third-order valence-corrected chi connectivity index (χ3v) is 4.94. The van der Waals surface area contributed by atoms with Gasteiger partial charge in [-0.05, 0) is 18.1 Å². The summed E-state index contributed by atoms with van der Waals surface area (Å²) in [7, 11) is -3.88. The number of rotatable bonds is 6. The molecule has 0 radical (unpaired) electrons. The summed E-state index contributed by atoms with van der Waals surface area (Å²) in [5.74, 6) is -0.0208. The molecule has 1 rings (SSSR count). The van der Waals surface area contributed by atoms with E-state index in [1.165, 1.54) is 18.2 Å². The van der Waals surface area contributed by atoms with E-state index < -0.39 is 16.1 Å². The zero-order valence-electron chi connectivity index (χ0n) is 11.3. The van der Waals surface area contributed by atoms with Crippen LogP contribution in [-0.2, 0) is 10.0 Å². The SMILES string of the molecule is CCC(C)C(O)CNS(=O)(=O)c1cccc(Cl)c1C#N. The van der Waals surface area contributed by atoms with Gasteiger partial charge in [0.05, 0.1) is 16.7 Å². The van der Waals surface area contributed by atoms with Gasteiger partial charge in [0.1, 0.15) is 11.0 Å². The summed E-state index contributed by atoms with van der Waals surface area (Å²) >= 11 is 5.81. The van der Waals surface area contributed by atoms with E-state index in [0.29, 0.717) is 0 Å². The van der Waals surface area contributed by atoms with Crippen LogP contribution in [0.25, 0.3) is 0 Å². The highest BCUT2D eigenvalue weighted by molar-refractivity contribution is 7.89. The molecule has 0 aromatic heterocycles. The lowest BCUT2D eigenvalue weighted by atomic mass is 10.0. The molecule has 5 nitrogen and oxygen atoms in total. The molecule has 2 N–H and O–H groups in total. The number of aliphatic hydroxyl groups is 1. The zero-order chi connectivity index (χ0) is 15.3. The van der Waals surface area contributed by atoms with E-state index in [1.807, 2.05) is 13.8 Å². The van der Waals surface area contributed by atoms with Gasteiger partial charge in [-0.25, -0.2) is 13.1 Å². The lowest BCUT2D eigenvalue weighted by Crippen LogP contribution is -2.35. The molecule has 0 spiro atoms. The van der Waals surface area contributed by atoms with Crippen LogP contribution in [0.4, 0.5) is 0 Å². The first-order valence-corrected chi connectivity index (χ1v) is 8.06. The zero-order valence-corrected chi connectivity index (χ0v) is 12.9. The average molecular weight is 317 g/mol. The summed E-state index contributed by atoms with van der Waals surface area (Å²) in [6.07, 6.45) is -0.0387. The molecule has 0 aliphatic carbocycles. The molecule has 2 atom stereocenters. The summed E-state index contributed by atoms with van der Waals surface area (Å²) in [5, 5.41) is 18.9. The van der Waals surface area contributed by atoms with Gasteiger partial charge in [0, 0.05) is 6.54 Å². The van der Waals surface area contributed by atoms with Crippen LogP contribution in [0, 0.1) is 17.2 Å². The number of hydrogen-bond donors (Lipinski definition) is 2. The van der Waals surface area contributed by atoms with Crippen molar-refractivity contribution >= 4 is 21.6 Å². The molecule has 20 heavy (non-hydrogen) atoms. The van der Waals surface area contributed by atoms with E-state index in [2.05, 4.69) is 4.72 Å². The van der Waals surface area contributed by atoms with Gasteiger partial charge in [-0.3, -0.25) is 0 Å². The molecule has 0 heterocycles.